The van der Waals surface area contributed by atoms with Crippen LogP contribution in [0.1, 0.15) is 0 Å². The number of nitrogens with one attached hydrogen (secondary N) is 1. The normalized spacial score (nSPS) is 10.5. The van der Waals surface area contributed by atoms with Gasteiger partial charge >= 0.3 is 0 Å². The maximum absolute atomic E-state index is 10.3. The molecule has 90 valence electrons. The molecule has 0 aromatic rings. The molecule has 0 atom stereocenters. The fraction of sp³-hybridized carbons (Fsp3) is 0.889. The number of primary amides is 1. The van der Waals surface area contributed by atoms with E-state index in [1.54, 1.807) is 0 Å². The Bertz CT molecular complexity index is 155. The number of amides is 1. The van der Waals surface area contributed by atoms with Crippen LogP contribution in [-0.2, 0) is 19.0 Å². The van der Waals surface area contributed by atoms with Gasteiger partial charge in [-0.1, -0.05) is 0 Å². The number of carbonyl (C=O) groups excluding carboxylic acids is 1. The van der Waals surface area contributed by atoms with E-state index in [0.717, 1.165) is 6.54 Å². The number of carbonyl (C=O) groups is 1. The lowest BCUT2D eigenvalue weighted by Crippen LogP contribution is -2.20. The van der Waals surface area contributed by atoms with Crippen molar-refractivity contribution < 1.29 is 19.0 Å². The largest absolute Gasteiger partial charge is 0.378 e. The molecule has 0 aromatic carbocycles. The third-order valence-electron chi connectivity index (χ3n) is 1.48. The average Bonchev–Trinajstić information content (AvgIpc) is 2.20. The molecular formula is C9H20N2O4. The zero-order valence-electron chi connectivity index (χ0n) is 9.16. The Morgan fingerprint density at radius 2 is 1.60 bits per heavy atom. The fourth-order valence-electron chi connectivity index (χ4n) is 0.787. The zero-order valence-corrected chi connectivity index (χ0v) is 9.16. The summed E-state index contributed by atoms with van der Waals surface area (Å²) in [5.41, 5.74) is 4.87. The lowest BCUT2D eigenvalue weighted by molar-refractivity contribution is -0.123. The molecule has 0 bridgehead atoms. The second-order valence-electron chi connectivity index (χ2n) is 2.85. The topological polar surface area (TPSA) is 82.8 Å². The van der Waals surface area contributed by atoms with Crippen LogP contribution in [0.2, 0.25) is 0 Å². The standard InChI is InChI=1S/C9H20N2O4/c1-11-2-3-13-4-5-14-6-7-15-8-9(10)12/h11H,2-8H2,1H3,(H2,10,12). The van der Waals surface area contributed by atoms with Gasteiger partial charge in [-0.2, -0.15) is 0 Å². The second kappa shape index (κ2) is 11.4. The van der Waals surface area contributed by atoms with Crippen molar-refractivity contribution in [2.24, 2.45) is 5.73 Å². The minimum atomic E-state index is -0.467. The molecule has 0 radical (unpaired) electrons. The summed E-state index contributed by atoms with van der Waals surface area (Å²) in [6.45, 7) is 3.38. The molecule has 0 rings (SSSR count). The van der Waals surface area contributed by atoms with Gasteiger partial charge in [0.15, 0.2) is 0 Å². The van der Waals surface area contributed by atoms with Gasteiger partial charge in [0.2, 0.25) is 5.91 Å². The van der Waals surface area contributed by atoms with Crippen molar-refractivity contribution in [3.05, 3.63) is 0 Å². The Balaban J connectivity index is 2.89. The highest BCUT2D eigenvalue weighted by atomic mass is 16.5. The highest BCUT2D eigenvalue weighted by Crippen LogP contribution is 1.80. The Labute approximate surface area is 90.1 Å². The summed E-state index contributed by atoms with van der Waals surface area (Å²) in [4.78, 5) is 10.3. The molecule has 0 spiro atoms. The molecule has 0 aliphatic heterocycles. The fourth-order valence-corrected chi connectivity index (χ4v) is 0.787. The summed E-state index contributed by atoms with van der Waals surface area (Å²) in [6, 6.07) is 0. The quantitative estimate of drug-likeness (QED) is 0.425. The molecule has 0 heterocycles. The first-order valence-electron chi connectivity index (χ1n) is 4.93. The van der Waals surface area contributed by atoms with Gasteiger partial charge in [0.25, 0.3) is 0 Å². The van der Waals surface area contributed by atoms with E-state index in [1.165, 1.54) is 0 Å². The minimum absolute atomic E-state index is 0.0535. The Morgan fingerprint density at radius 3 is 2.13 bits per heavy atom. The van der Waals surface area contributed by atoms with Crippen molar-refractivity contribution in [3.63, 3.8) is 0 Å². The van der Waals surface area contributed by atoms with Gasteiger partial charge in [0.05, 0.1) is 33.0 Å². The maximum atomic E-state index is 10.3. The lowest BCUT2D eigenvalue weighted by atomic mass is 10.6. The first-order chi connectivity index (χ1) is 7.27. The van der Waals surface area contributed by atoms with Crippen LogP contribution in [0.5, 0.6) is 0 Å². The van der Waals surface area contributed by atoms with Gasteiger partial charge in [0.1, 0.15) is 6.61 Å². The summed E-state index contributed by atoms with van der Waals surface area (Å²) in [5.74, 6) is -0.467. The van der Waals surface area contributed by atoms with E-state index in [2.05, 4.69) is 5.32 Å². The number of rotatable bonds is 11. The van der Waals surface area contributed by atoms with Crippen LogP contribution in [0.25, 0.3) is 0 Å². The molecular weight excluding hydrogens is 200 g/mol. The van der Waals surface area contributed by atoms with E-state index < -0.39 is 5.91 Å². The van der Waals surface area contributed by atoms with Crippen molar-refractivity contribution in [2.75, 3.05) is 53.2 Å². The molecule has 0 aliphatic rings. The third-order valence-corrected chi connectivity index (χ3v) is 1.48. The SMILES string of the molecule is CNCCOCCOCCOCC(N)=O. The van der Waals surface area contributed by atoms with Gasteiger partial charge in [-0.05, 0) is 7.05 Å². The lowest BCUT2D eigenvalue weighted by Gasteiger charge is -2.05. The number of hydrogen-bond acceptors (Lipinski definition) is 5. The molecule has 6 heteroatoms. The predicted molar refractivity (Wildman–Crippen MR) is 55.6 cm³/mol. The maximum Gasteiger partial charge on any atom is 0.243 e. The van der Waals surface area contributed by atoms with Crippen LogP contribution in [0.3, 0.4) is 0 Å². The molecule has 0 unspecified atom stereocenters. The zero-order chi connectivity index (χ0) is 11.4. The van der Waals surface area contributed by atoms with Gasteiger partial charge in [-0.3, -0.25) is 4.79 Å². The van der Waals surface area contributed by atoms with Crippen molar-refractivity contribution in [2.45, 2.75) is 0 Å². The Kier molecular flexibility index (Phi) is 10.9. The van der Waals surface area contributed by atoms with Gasteiger partial charge in [-0.25, -0.2) is 0 Å². The molecule has 1 amide bonds. The molecule has 0 aliphatic carbocycles. The van der Waals surface area contributed by atoms with Crippen molar-refractivity contribution in [1.29, 1.82) is 0 Å². The van der Waals surface area contributed by atoms with Crippen LogP contribution in [0, 0.1) is 0 Å². The van der Waals surface area contributed by atoms with Gasteiger partial charge in [-0.15, -0.1) is 0 Å². The Morgan fingerprint density at radius 1 is 1.07 bits per heavy atom. The second-order valence-corrected chi connectivity index (χ2v) is 2.85. The van der Waals surface area contributed by atoms with E-state index in [-0.39, 0.29) is 6.61 Å². The van der Waals surface area contributed by atoms with Crippen molar-refractivity contribution in [3.8, 4) is 0 Å². The van der Waals surface area contributed by atoms with Crippen LogP contribution >= 0.6 is 0 Å². The number of nitrogens with two attached hydrogens (primary N) is 1. The van der Waals surface area contributed by atoms with Crippen LogP contribution < -0.4 is 11.1 Å². The molecule has 15 heavy (non-hydrogen) atoms. The van der Waals surface area contributed by atoms with Crippen LogP contribution in [0.15, 0.2) is 0 Å². The average molecular weight is 220 g/mol. The van der Waals surface area contributed by atoms with E-state index in [4.69, 9.17) is 19.9 Å². The predicted octanol–water partition coefficient (Wildman–Crippen LogP) is -1.26. The summed E-state index contributed by atoms with van der Waals surface area (Å²) in [7, 11) is 1.87. The monoisotopic (exact) mass is 220 g/mol. The van der Waals surface area contributed by atoms with Crippen LogP contribution in [-0.4, -0.2) is 59.1 Å². The van der Waals surface area contributed by atoms with E-state index >= 15 is 0 Å². The number of likely N-dealkylation sites (N-methyl/N-ethyl adjacent to an activating group) is 1. The summed E-state index contributed by atoms with van der Waals surface area (Å²) in [6.07, 6.45) is 0. The van der Waals surface area contributed by atoms with E-state index in [9.17, 15) is 4.79 Å². The molecule has 0 saturated carbocycles. The van der Waals surface area contributed by atoms with Gasteiger partial charge in [0, 0.05) is 6.54 Å². The van der Waals surface area contributed by atoms with Crippen LogP contribution in [0.4, 0.5) is 0 Å². The first kappa shape index (κ1) is 14.3. The molecule has 6 nitrogen and oxygen atoms in total. The summed E-state index contributed by atoms with van der Waals surface area (Å²) in [5, 5.41) is 2.97. The summed E-state index contributed by atoms with van der Waals surface area (Å²) < 4.78 is 15.3. The van der Waals surface area contributed by atoms with E-state index in [1.807, 2.05) is 7.05 Å². The van der Waals surface area contributed by atoms with Crippen molar-refractivity contribution in [1.82, 2.24) is 5.32 Å². The minimum Gasteiger partial charge on any atom is -0.378 e. The third kappa shape index (κ3) is 13.3. The molecule has 0 saturated heterocycles. The number of ether oxygens (including phenoxy) is 3. The van der Waals surface area contributed by atoms with Gasteiger partial charge < -0.3 is 25.3 Å². The van der Waals surface area contributed by atoms with Crippen molar-refractivity contribution >= 4 is 5.91 Å². The van der Waals surface area contributed by atoms with E-state index in [0.29, 0.717) is 33.0 Å². The molecule has 0 aromatic heterocycles. The highest BCUT2D eigenvalue weighted by Gasteiger charge is 1.94. The molecule has 3 N–H and O–H groups in total. The number of hydrogen-bond donors (Lipinski definition) is 2. The summed E-state index contributed by atoms with van der Waals surface area (Å²) >= 11 is 0. The Hall–Kier alpha value is -0.690. The smallest absolute Gasteiger partial charge is 0.243 e. The highest BCUT2D eigenvalue weighted by molar-refractivity contribution is 5.74. The molecule has 0 fully saturated rings. The first-order valence-corrected chi connectivity index (χ1v) is 4.93.